The van der Waals surface area contributed by atoms with E-state index in [-0.39, 0.29) is 12.1 Å². The van der Waals surface area contributed by atoms with Gasteiger partial charge in [0.1, 0.15) is 5.52 Å². The van der Waals surface area contributed by atoms with Crippen molar-refractivity contribution in [1.82, 2.24) is 15.0 Å². The maximum absolute atomic E-state index is 13.4. The number of rotatable bonds is 4. The number of benzene rings is 1. The van der Waals surface area contributed by atoms with E-state index in [9.17, 15) is 4.39 Å². The minimum atomic E-state index is -1.22. The molecule has 0 saturated heterocycles. The van der Waals surface area contributed by atoms with Crippen LogP contribution in [0.1, 0.15) is 31.0 Å². The Bertz CT molecular complexity index is 1270. The van der Waals surface area contributed by atoms with E-state index in [4.69, 9.17) is 21.4 Å². The Hall–Kier alpha value is -3.18. The Labute approximate surface area is 184 Å². The summed E-state index contributed by atoms with van der Waals surface area (Å²) in [7, 11) is 0. The predicted molar refractivity (Wildman–Crippen MR) is 124 cm³/mol. The highest BCUT2D eigenvalue weighted by Crippen LogP contribution is 2.37. The predicted octanol–water partition coefficient (Wildman–Crippen LogP) is 4.48. The number of nitrogens with zero attached hydrogens (tertiary/aromatic N) is 3. The van der Waals surface area contributed by atoms with Crippen molar-refractivity contribution in [1.29, 1.82) is 0 Å². The van der Waals surface area contributed by atoms with Crippen LogP contribution in [0.2, 0.25) is 0 Å². The molecule has 0 saturated carbocycles. The minimum Gasteiger partial charge on any atom is -0.326 e. The molecule has 0 bridgehead atoms. The molecule has 7 heteroatoms. The number of aromatic nitrogens is 3. The summed E-state index contributed by atoms with van der Waals surface area (Å²) in [6.07, 6.45) is 2.17. The summed E-state index contributed by atoms with van der Waals surface area (Å²) >= 11 is 1.49. The Kier molecular flexibility index (Phi) is 6.05. The number of fused-ring (bicyclic) bond motifs is 1. The number of thiophene rings is 1. The molecule has 3 atom stereocenters. The molecule has 4 rings (SSSR count). The van der Waals surface area contributed by atoms with E-state index in [1.165, 1.54) is 18.3 Å². The summed E-state index contributed by atoms with van der Waals surface area (Å²) in [6, 6.07) is 11.0. The number of pyridine rings is 1. The topological polar surface area (TPSA) is 90.7 Å². The Morgan fingerprint density at radius 3 is 2.48 bits per heavy atom. The van der Waals surface area contributed by atoms with Crippen molar-refractivity contribution in [2.45, 2.75) is 32.1 Å². The van der Waals surface area contributed by atoms with Gasteiger partial charge in [-0.1, -0.05) is 36.1 Å². The van der Waals surface area contributed by atoms with Crippen LogP contribution in [0.4, 0.5) is 4.39 Å². The highest BCUT2D eigenvalue weighted by atomic mass is 32.1. The van der Waals surface area contributed by atoms with Crippen LogP contribution in [0.15, 0.2) is 54.2 Å². The Morgan fingerprint density at radius 1 is 1.03 bits per heavy atom. The van der Waals surface area contributed by atoms with Crippen molar-refractivity contribution in [3.05, 3.63) is 65.3 Å². The molecule has 3 heterocycles. The molecule has 0 aliphatic rings. The van der Waals surface area contributed by atoms with Gasteiger partial charge in [0.2, 0.25) is 0 Å². The summed E-state index contributed by atoms with van der Waals surface area (Å²) in [5.41, 5.74) is 17.3. The van der Waals surface area contributed by atoms with Gasteiger partial charge in [-0.15, -0.1) is 11.3 Å². The van der Waals surface area contributed by atoms with Crippen LogP contribution in [-0.4, -0.2) is 27.2 Å². The molecule has 0 amide bonds. The van der Waals surface area contributed by atoms with E-state index >= 15 is 0 Å². The highest BCUT2D eigenvalue weighted by Gasteiger charge is 2.21. The first kappa shape index (κ1) is 21.1. The molecule has 3 aromatic heterocycles. The van der Waals surface area contributed by atoms with E-state index in [2.05, 4.69) is 16.8 Å². The first-order valence-electron chi connectivity index (χ1n) is 9.91. The maximum Gasteiger partial charge on any atom is 0.160 e. The van der Waals surface area contributed by atoms with Gasteiger partial charge in [0.25, 0.3) is 0 Å². The van der Waals surface area contributed by atoms with Crippen LogP contribution in [0, 0.1) is 11.8 Å². The molecule has 5 nitrogen and oxygen atoms in total. The molecule has 3 unspecified atom stereocenters. The average Bonchev–Trinajstić information content (AvgIpc) is 3.20. The van der Waals surface area contributed by atoms with E-state index < -0.39 is 6.17 Å². The minimum absolute atomic E-state index is 0.228. The standard InChI is InChI=1S/C24H22FN5S/c1-14(25)7-8-17-13-31-23-21(17)29-24(16-9-11-28-12-10-16)30-22(23)19-6-4-3-5-18(19)20(27)15(2)26/h3-6,9-15,20H,26-27H2,1-2H3. The Morgan fingerprint density at radius 2 is 1.77 bits per heavy atom. The lowest BCUT2D eigenvalue weighted by molar-refractivity contribution is 0.443. The zero-order valence-corrected chi connectivity index (χ0v) is 18.0. The summed E-state index contributed by atoms with van der Waals surface area (Å²) in [5.74, 6) is 6.05. The first-order chi connectivity index (χ1) is 15.0. The fourth-order valence-corrected chi connectivity index (χ4v) is 4.22. The first-order valence-corrected chi connectivity index (χ1v) is 10.8. The molecule has 0 spiro atoms. The molecule has 156 valence electrons. The molecular formula is C24H22FN5S. The van der Waals surface area contributed by atoms with Crippen molar-refractivity contribution in [2.75, 3.05) is 0 Å². The van der Waals surface area contributed by atoms with E-state index in [1.54, 1.807) is 12.4 Å². The highest BCUT2D eigenvalue weighted by molar-refractivity contribution is 7.18. The van der Waals surface area contributed by atoms with Crippen LogP contribution in [0.5, 0.6) is 0 Å². The number of hydrogen-bond donors (Lipinski definition) is 2. The summed E-state index contributed by atoms with van der Waals surface area (Å²) in [5, 5.41) is 1.89. The van der Waals surface area contributed by atoms with Gasteiger partial charge < -0.3 is 11.5 Å². The number of alkyl halides is 1. The third kappa shape index (κ3) is 4.32. The van der Waals surface area contributed by atoms with Gasteiger partial charge in [-0.05, 0) is 31.5 Å². The van der Waals surface area contributed by atoms with Crippen molar-refractivity contribution in [3.63, 3.8) is 0 Å². The van der Waals surface area contributed by atoms with Gasteiger partial charge in [-0.2, -0.15) is 0 Å². The van der Waals surface area contributed by atoms with Crippen molar-refractivity contribution in [2.24, 2.45) is 11.5 Å². The van der Waals surface area contributed by atoms with Crippen molar-refractivity contribution in [3.8, 4) is 34.5 Å². The van der Waals surface area contributed by atoms with Gasteiger partial charge in [0.05, 0.1) is 16.0 Å². The Balaban J connectivity index is 2.01. The quantitative estimate of drug-likeness (QED) is 0.465. The van der Waals surface area contributed by atoms with Crippen LogP contribution < -0.4 is 11.5 Å². The molecule has 31 heavy (non-hydrogen) atoms. The van der Waals surface area contributed by atoms with Gasteiger partial charge in [-0.25, -0.2) is 14.4 Å². The smallest absolute Gasteiger partial charge is 0.160 e. The molecular weight excluding hydrogens is 409 g/mol. The van der Waals surface area contributed by atoms with Crippen LogP contribution >= 0.6 is 11.3 Å². The molecule has 0 aliphatic carbocycles. The fourth-order valence-electron chi connectivity index (χ4n) is 3.28. The lowest BCUT2D eigenvalue weighted by Crippen LogP contribution is -2.31. The fraction of sp³-hybridized carbons (Fsp3) is 0.208. The van der Waals surface area contributed by atoms with Crippen molar-refractivity contribution >= 4 is 21.6 Å². The van der Waals surface area contributed by atoms with Crippen LogP contribution in [0.25, 0.3) is 32.9 Å². The average molecular weight is 432 g/mol. The molecule has 1 aromatic carbocycles. The summed E-state index contributed by atoms with van der Waals surface area (Å²) in [4.78, 5) is 13.8. The van der Waals surface area contributed by atoms with Gasteiger partial charge in [0, 0.05) is 41.0 Å². The lowest BCUT2D eigenvalue weighted by Gasteiger charge is -2.20. The number of nitrogens with two attached hydrogens (primary N) is 2. The van der Waals surface area contributed by atoms with E-state index in [0.717, 1.165) is 27.1 Å². The van der Waals surface area contributed by atoms with Crippen LogP contribution in [-0.2, 0) is 0 Å². The molecule has 4 aromatic rings. The monoisotopic (exact) mass is 431 g/mol. The van der Waals surface area contributed by atoms with Crippen molar-refractivity contribution < 1.29 is 4.39 Å². The maximum atomic E-state index is 13.4. The third-order valence-corrected chi connectivity index (χ3v) is 5.88. The summed E-state index contributed by atoms with van der Waals surface area (Å²) in [6.45, 7) is 3.30. The zero-order valence-electron chi connectivity index (χ0n) is 17.2. The second-order valence-electron chi connectivity index (χ2n) is 7.32. The second kappa shape index (κ2) is 8.90. The second-order valence-corrected chi connectivity index (χ2v) is 8.20. The SMILES string of the molecule is CC(F)C#Cc1csc2c(-c3ccccc3C(N)C(C)N)nc(-c3ccncc3)nc12. The normalized spacial score (nSPS) is 14.0. The van der Waals surface area contributed by atoms with E-state index in [0.29, 0.717) is 16.9 Å². The van der Waals surface area contributed by atoms with Gasteiger partial charge >= 0.3 is 0 Å². The molecule has 0 fully saturated rings. The molecule has 0 aliphatic heterocycles. The lowest BCUT2D eigenvalue weighted by atomic mass is 9.94. The molecule has 0 radical (unpaired) electrons. The third-order valence-electron chi connectivity index (χ3n) is 4.90. The summed E-state index contributed by atoms with van der Waals surface area (Å²) < 4.78 is 14.2. The zero-order chi connectivity index (χ0) is 22.0. The number of hydrogen-bond acceptors (Lipinski definition) is 6. The van der Waals surface area contributed by atoms with E-state index in [1.807, 2.05) is 48.7 Å². The van der Waals surface area contributed by atoms with Crippen LogP contribution in [0.3, 0.4) is 0 Å². The molecule has 4 N–H and O–H groups in total. The largest absolute Gasteiger partial charge is 0.326 e. The van der Waals surface area contributed by atoms with Gasteiger partial charge in [-0.3, -0.25) is 4.98 Å². The van der Waals surface area contributed by atoms with Gasteiger partial charge in [0.15, 0.2) is 12.0 Å². The number of halogens is 1.